The molecule has 2 aromatic heterocycles. The van der Waals surface area contributed by atoms with Crippen molar-refractivity contribution in [2.24, 2.45) is 0 Å². The number of aromatic nitrogens is 4. The minimum atomic E-state index is -0.194. The van der Waals surface area contributed by atoms with Gasteiger partial charge in [-0.15, -0.1) is 0 Å². The molecule has 0 saturated carbocycles. The van der Waals surface area contributed by atoms with Crippen LogP contribution in [0.15, 0.2) is 23.4 Å². The highest BCUT2D eigenvalue weighted by Gasteiger charge is 2.26. The van der Waals surface area contributed by atoms with E-state index in [1.54, 1.807) is 12.4 Å². The van der Waals surface area contributed by atoms with Crippen molar-refractivity contribution in [3.05, 3.63) is 40.2 Å². The van der Waals surface area contributed by atoms with Crippen LogP contribution >= 0.6 is 0 Å². The van der Waals surface area contributed by atoms with Gasteiger partial charge in [-0.1, -0.05) is 0 Å². The van der Waals surface area contributed by atoms with Crippen LogP contribution in [0.1, 0.15) is 41.7 Å². The molecule has 0 spiro atoms. The van der Waals surface area contributed by atoms with Crippen LogP contribution in [-0.4, -0.2) is 44.8 Å². The summed E-state index contributed by atoms with van der Waals surface area (Å²) < 4.78 is 1.94. The molecule has 2 aliphatic rings. The fraction of sp³-hybridized carbons (Fsp3) is 0.529. The van der Waals surface area contributed by atoms with E-state index in [-0.39, 0.29) is 17.5 Å². The van der Waals surface area contributed by atoms with E-state index in [9.17, 15) is 9.59 Å². The number of aryl methyl sites for hydroxylation is 1. The first-order chi connectivity index (χ1) is 12.2. The van der Waals surface area contributed by atoms with Crippen LogP contribution in [0.2, 0.25) is 0 Å². The number of hydrogen-bond donors (Lipinski definition) is 2. The number of carbonyl (C=O) groups is 1. The summed E-state index contributed by atoms with van der Waals surface area (Å²) in [5.41, 5.74) is 1.53. The Bertz CT molecular complexity index is 827. The second kappa shape index (κ2) is 6.70. The largest absolute Gasteiger partial charge is 0.350 e. The van der Waals surface area contributed by atoms with Crippen LogP contribution in [-0.2, 0) is 13.0 Å². The number of amides is 1. The van der Waals surface area contributed by atoms with Gasteiger partial charge in [-0.3, -0.25) is 14.3 Å². The molecule has 0 unspecified atom stereocenters. The van der Waals surface area contributed by atoms with Crippen molar-refractivity contribution in [1.82, 2.24) is 25.1 Å². The summed E-state index contributed by atoms with van der Waals surface area (Å²) in [6.45, 7) is 2.26. The standard InChI is InChI=1S/C17H22N6O2/c24-16(13-10-20-23-9-2-1-5-14(13)23)21-12-4-3-8-22(11-12)15-17(25)19-7-6-18-15/h6-7,10,12H,1-5,8-9,11H2,(H,19,25)(H,21,24)/t12-/m0/s1. The Hall–Kier alpha value is -2.64. The summed E-state index contributed by atoms with van der Waals surface area (Å²) in [6.07, 6.45) is 9.72. The number of rotatable bonds is 3. The van der Waals surface area contributed by atoms with Crippen LogP contribution in [0.3, 0.4) is 0 Å². The summed E-state index contributed by atoms with van der Waals surface area (Å²) >= 11 is 0. The molecule has 2 N–H and O–H groups in total. The highest BCUT2D eigenvalue weighted by molar-refractivity contribution is 5.95. The summed E-state index contributed by atoms with van der Waals surface area (Å²) in [5.74, 6) is 0.356. The smallest absolute Gasteiger partial charge is 0.290 e. The fourth-order valence-electron chi connectivity index (χ4n) is 3.73. The summed E-state index contributed by atoms with van der Waals surface area (Å²) in [6, 6.07) is 0.00166. The lowest BCUT2D eigenvalue weighted by molar-refractivity contribution is 0.0931. The molecule has 0 aromatic carbocycles. The average Bonchev–Trinajstić information content (AvgIpc) is 3.06. The second-order valence-corrected chi connectivity index (χ2v) is 6.69. The quantitative estimate of drug-likeness (QED) is 0.856. The van der Waals surface area contributed by atoms with Crippen LogP contribution in [0.5, 0.6) is 0 Å². The third-order valence-electron chi connectivity index (χ3n) is 4.97. The SMILES string of the molecule is O=C(N[C@H]1CCCN(c2ncc[nH]c2=O)C1)c1cnn2c1CCCC2. The minimum Gasteiger partial charge on any atom is -0.350 e. The van der Waals surface area contributed by atoms with Gasteiger partial charge >= 0.3 is 0 Å². The third kappa shape index (κ3) is 3.16. The lowest BCUT2D eigenvalue weighted by atomic mass is 10.0. The number of fused-ring (bicyclic) bond motifs is 1. The van der Waals surface area contributed by atoms with Gasteiger partial charge in [0.15, 0.2) is 5.82 Å². The molecule has 0 bridgehead atoms. The molecule has 8 heteroatoms. The second-order valence-electron chi connectivity index (χ2n) is 6.69. The fourth-order valence-corrected chi connectivity index (χ4v) is 3.73. The molecule has 2 aromatic rings. The Morgan fingerprint density at radius 1 is 1.28 bits per heavy atom. The van der Waals surface area contributed by atoms with Gasteiger partial charge in [-0.2, -0.15) is 5.10 Å². The van der Waals surface area contributed by atoms with Crippen molar-refractivity contribution in [2.45, 2.75) is 44.7 Å². The van der Waals surface area contributed by atoms with Crippen molar-refractivity contribution in [3.8, 4) is 0 Å². The Kier molecular flexibility index (Phi) is 4.25. The zero-order valence-electron chi connectivity index (χ0n) is 14.1. The van der Waals surface area contributed by atoms with Gasteiger partial charge in [-0.25, -0.2) is 4.98 Å². The molecular weight excluding hydrogens is 320 g/mol. The van der Waals surface area contributed by atoms with E-state index in [1.807, 2.05) is 9.58 Å². The number of carbonyl (C=O) groups excluding carboxylic acids is 1. The highest BCUT2D eigenvalue weighted by Crippen LogP contribution is 2.19. The van der Waals surface area contributed by atoms with E-state index in [2.05, 4.69) is 20.4 Å². The maximum absolute atomic E-state index is 12.7. The first kappa shape index (κ1) is 15.9. The molecule has 1 saturated heterocycles. The zero-order chi connectivity index (χ0) is 17.2. The zero-order valence-corrected chi connectivity index (χ0v) is 14.1. The third-order valence-corrected chi connectivity index (χ3v) is 4.97. The Morgan fingerprint density at radius 3 is 3.08 bits per heavy atom. The van der Waals surface area contributed by atoms with Gasteiger partial charge in [0, 0.05) is 38.1 Å². The molecule has 0 aliphatic carbocycles. The molecule has 1 fully saturated rings. The molecule has 4 heterocycles. The summed E-state index contributed by atoms with van der Waals surface area (Å²) in [5, 5.41) is 7.45. The first-order valence-electron chi connectivity index (χ1n) is 8.86. The van der Waals surface area contributed by atoms with Crippen molar-refractivity contribution >= 4 is 11.7 Å². The lowest BCUT2D eigenvalue weighted by Gasteiger charge is -2.33. The van der Waals surface area contributed by atoms with Crippen molar-refractivity contribution in [1.29, 1.82) is 0 Å². The Labute approximate surface area is 145 Å². The normalized spacial score (nSPS) is 20.2. The summed E-state index contributed by atoms with van der Waals surface area (Å²) in [7, 11) is 0. The number of hydrogen-bond acceptors (Lipinski definition) is 5. The van der Waals surface area contributed by atoms with Crippen LogP contribution < -0.4 is 15.8 Å². The molecule has 25 heavy (non-hydrogen) atoms. The number of H-pyrrole nitrogens is 1. The van der Waals surface area contributed by atoms with E-state index >= 15 is 0 Å². The Morgan fingerprint density at radius 2 is 2.20 bits per heavy atom. The van der Waals surface area contributed by atoms with E-state index in [1.165, 1.54) is 6.20 Å². The summed E-state index contributed by atoms with van der Waals surface area (Å²) in [4.78, 5) is 33.4. The number of nitrogens with zero attached hydrogens (tertiary/aromatic N) is 4. The number of aromatic amines is 1. The monoisotopic (exact) mass is 342 g/mol. The predicted molar refractivity (Wildman–Crippen MR) is 92.7 cm³/mol. The van der Waals surface area contributed by atoms with E-state index in [0.717, 1.165) is 50.9 Å². The molecule has 0 radical (unpaired) electrons. The van der Waals surface area contributed by atoms with Gasteiger partial charge in [0.1, 0.15) is 0 Å². The predicted octanol–water partition coefficient (Wildman–Crippen LogP) is 0.701. The van der Waals surface area contributed by atoms with Crippen molar-refractivity contribution in [3.63, 3.8) is 0 Å². The first-order valence-corrected chi connectivity index (χ1v) is 8.86. The lowest BCUT2D eigenvalue weighted by Crippen LogP contribution is -2.49. The van der Waals surface area contributed by atoms with Gasteiger partial charge in [0.25, 0.3) is 11.5 Å². The Balaban J connectivity index is 1.46. The molecule has 1 atom stereocenters. The van der Waals surface area contributed by atoms with Crippen LogP contribution in [0.4, 0.5) is 5.82 Å². The minimum absolute atomic E-state index is 0.00166. The van der Waals surface area contributed by atoms with Crippen molar-refractivity contribution in [2.75, 3.05) is 18.0 Å². The number of nitrogens with one attached hydrogen (secondary N) is 2. The van der Waals surface area contributed by atoms with Crippen LogP contribution in [0.25, 0.3) is 0 Å². The van der Waals surface area contributed by atoms with E-state index in [0.29, 0.717) is 17.9 Å². The molecule has 4 rings (SSSR count). The van der Waals surface area contributed by atoms with Crippen LogP contribution in [0, 0.1) is 0 Å². The molecule has 132 valence electrons. The van der Waals surface area contributed by atoms with Gasteiger partial charge in [-0.05, 0) is 32.1 Å². The van der Waals surface area contributed by atoms with E-state index in [4.69, 9.17) is 0 Å². The van der Waals surface area contributed by atoms with Gasteiger partial charge < -0.3 is 15.2 Å². The van der Waals surface area contributed by atoms with Gasteiger partial charge in [0.05, 0.1) is 17.5 Å². The topological polar surface area (TPSA) is 95.9 Å². The molecule has 1 amide bonds. The van der Waals surface area contributed by atoms with E-state index < -0.39 is 0 Å². The molecule has 8 nitrogen and oxygen atoms in total. The highest BCUT2D eigenvalue weighted by atomic mass is 16.2. The average molecular weight is 342 g/mol. The molecule has 2 aliphatic heterocycles. The number of piperidine rings is 1. The number of anilines is 1. The molecular formula is C17H22N6O2. The van der Waals surface area contributed by atoms with Gasteiger partial charge in [0.2, 0.25) is 0 Å². The maximum Gasteiger partial charge on any atom is 0.290 e. The maximum atomic E-state index is 12.7. The van der Waals surface area contributed by atoms with Crippen molar-refractivity contribution < 1.29 is 4.79 Å².